The second kappa shape index (κ2) is 8.83. The SMILES string of the molecule is COC(=O)c1ccc(NC(=O)c2ccc(CSc3nc(C)cs3)cc2)cc1. The van der Waals surface area contributed by atoms with Crippen molar-refractivity contribution in [1.29, 1.82) is 0 Å². The van der Waals surface area contributed by atoms with Crippen molar-refractivity contribution < 1.29 is 14.3 Å². The third-order valence-electron chi connectivity index (χ3n) is 3.74. The predicted octanol–water partition coefficient (Wildman–Crippen LogP) is 4.78. The molecule has 0 unspecified atom stereocenters. The summed E-state index contributed by atoms with van der Waals surface area (Å²) in [5.74, 6) is 0.203. The Kier molecular flexibility index (Phi) is 6.26. The lowest BCUT2D eigenvalue weighted by atomic mass is 10.1. The third kappa shape index (κ3) is 5.18. The van der Waals surface area contributed by atoms with Crippen LogP contribution in [0.15, 0.2) is 58.3 Å². The number of esters is 1. The van der Waals surface area contributed by atoms with Crippen molar-refractivity contribution in [2.24, 2.45) is 0 Å². The molecule has 0 aliphatic heterocycles. The largest absolute Gasteiger partial charge is 0.465 e. The number of nitrogens with zero attached hydrogens (tertiary/aromatic N) is 1. The van der Waals surface area contributed by atoms with Crippen molar-refractivity contribution >= 4 is 40.7 Å². The van der Waals surface area contributed by atoms with Crippen molar-refractivity contribution in [3.63, 3.8) is 0 Å². The topological polar surface area (TPSA) is 68.3 Å². The van der Waals surface area contributed by atoms with E-state index < -0.39 is 5.97 Å². The number of thioether (sulfide) groups is 1. The van der Waals surface area contributed by atoms with Crippen LogP contribution in [-0.4, -0.2) is 24.0 Å². The van der Waals surface area contributed by atoms with Gasteiger partial charge in [-0.3, -0.25) is 4.79 Å². The highest BCUT2D eigenvalue weighted by Gasteiger charge is 2.09. The van der Waals surface area contributed by atoms with Crippen LogP contribution in [-0.2, 0) is 10.5 Å². The van der Waals surface area contributed by atoms with Crippen LogP contribution in [0.25, 0.3) is 0 Å². The summed E-state index contributed by atoms with van der Waals surface area (Å²) in [7, 11) is 1.33. The van der Waals surface area contributed by atoms with E-state index >= 15 is 0 Å². The van der Waals surface area contributed by atoms with Crippen molar-refractivity contribution in [1.82, 2.24) is 4.98 Å². The average molecular weight is 399 g/mol. The van der Waals surface area contributed by atoms with E-state index in [4.69, 9.17) is 0 Å². The van der Waals surface area contributed by atoms with Crippen LogP contribution in [0.5, 0.6) is 0 Å². The minimum atomic E-state index is -0.408. The first-order valence-corrected chi connectivity index (χ1v) is 10.1. The number of carbonyl (C=O) groups excluding carboxylic acids is 2. The lowest BCUT2D eigenvalue weighted by Gasteiger charge is -2.07. The molecular weight excluding hydrogens is 380 g/mol. The first kappa shape index (κ1) is 19.1. The fourth-order valence-corrected chi connectivity index (χ4v) is 4.11. The molecule has 0 saturated heterocycles. The van der Waals surface area contributed by atoms with Gasteiger partial charge in [0.05, 0.1) is 12.7 Å². The van der Waals surface area contributed by atoms with E-state index in [1.54, 1.807) is 59.5 Å². The average Bonchev–Trinajstić information content (AvgIpc) is 3.12. The molecule has 2 aromatic carbocycles. The van der Waals surface area contributed by atoms with Gasteiger partial charge < -0.3 is 10.1 Å². The maximum Gasteiger partial charge on any atom is 0.337 e. The quantitative estimate of drug-likeness (QED) is 0.478. The fourth-order valence-electron chi connectivity index (χ4n) is 2.31. The number of ether oxygens (including phenoxy) is 1. The van der Waals surface area contributed by atoms with E-state index in [0.717, 1.165) is 21.3 Å². The molecule has 0 bridgehead atoms. The van der Waals surface area contributed by atoms with Gasteiger partial charge in [-0.25, -0.2) is 9.78 Å². The van der Waals surface area contributed by atoms with Gasteiger partial charge in [-0.1, -0.05) is 23.9 Å². The zero-order chi connectivity index (χ0) is 19.2. The molecule has 0 spiro atoms. The number of nitrogens with one attached hydrogen (secondary N) is 1. The van der Waals surface area contributed by atoms with Crippen LogP contribution < -0.4 is 5.32 Å². The normalized spacial score (nSPS) is 10.4. The second-order valence-corrected chi connectivity index (χ2v) is 7.84. The molecule has 3 aromatic rings. The number of hydrogen-bond donors (Lipinski definition) is 1. The molecule has 3 rings (SSSR count). The van der Waals surface area contributed by atoms with Crippen LogP contribution in [0.2, 0.25) is 0 Å². The van der Waals surface area contributed by atoms with Crippen molar-refractivity contribution in [3.05, 3.63) is 76.3 Å². The van der Waals surface area contributed by atoms with Crippen molar-refractivity contribution in [3.8, 4) is 0 Å². The van der Waals surface area contributed by atoms with E-state index in [-0.39, 0.29) is 5.91 Å². The number of rotatable bonds is 6. The Hall–Kier alpha value is -2.64. The Bertz CT molecular complexity index is 935. The minimum Gasteiger partial charge on any atom is -0.465 e. The molecule has 27 heavy (non-hydrogen) atoms. The summed E-state index contributed by atoms with van der Waals surface area (Å²) in [5, 5.41) is 4.85. The molecule has 1 amide bonds. The second-order valence-electron chi connectivity index (χ2n) is 5.76. The highest BCUT2D eigenvalue weighted by Crippen LogP contribution is 2.26. The highest BCUT2D eigenvalue weighted by molar-refractivity contribution is 8.00. The summed E-state index contributed by atoms with van der Waals surface area (Å²) in [6, 6.07) is 14.1. The number of aromatic nitrogens is 1. The van der Waals surface area contributed by atoms with Gasteiger partial charge >= 0.3 is 5.97 Å². The van der Waals surface area contributed by atoms with Gasteiger partial charge in [0, 0.05) is 28.1 Å². The summed E-state index contributed by atoms with van der Waals surface area (Å²) in [6.45, 7) is 1.98. The Morgan fingerprint density at radius 3 is 2.33 bits per heavy atom. The monoisotopic (exact) mass is 398 g/mol. The van der Waals surface area contributed by atoms with E-state index in [1.807, 2.05) is 24.4 Å². The number of amides is 1. The molecule has 7 heteroatoms. The lowest BCUT2D eigenvalue weighted by Crippen LogP contribution is -2.12. The molecule has 1 heterocycles. The van der Waals surface area contributed by atoms with Crippen molar-refractivity contribution in [2.45, 2.75) is 17.0 Å². The zero-order valence-corrected chi connectivity index (χ0v) is 16.5. The summed E-state index contributed by atoms with van der Waals surface area (Å²) >= 11 is 3.33. The fraction of sp³-hybridized carbons (Fsp3) is 0.150. The Morgan fingerprint density at radius 2 is 1.74 bits per heavy atom. The van der Waals surface area contributed by atoms with Crippen LogP contribution in [0.4, 0.5) is 5.69 Å². The molecule has 0 radical (unpaired) electrons. The standard InChI is InChI=1S/C20H18N2O3S2/c1-13-11-26-20(21-13)27-12-14-3-5-15(6-4-14)18(23)22-17-9-7-16(8-10-17)19(24)25-2/h3-11H,12H2,1-2H3,(H,22,23). The lowest BCUT2D eigenvalue weighted by molar-refractivity contribution is 0.0600. The van der Waals surface area contributed by atoms with Gasteiger partial charge in [0.1, 0.15) is 4.34 Å². The van der Waals surface area contributed by atoms with E-state index in [0.29, 0.717) is 16.8 Å². The third-order valence-corrected chi connectivity index (χ3v) is 5.95. The summed E-state index contributed by atoms with van der Waals surface area (Å²) in [5.41, 5.74) is 3.80. The number of benzene rings is 2. The summed E-state index contributed by atoms with van der Waals surface area (Å²) in [6.07, 6.45) is 0. The molecule has 1 aromatic heterocycles. The maximum atomic E-state index is 12.4. The molecule has 0 atom stereocenters. The summed E-state index contributed by atoms with van der Waals surface area (Å²) in [4.78, 5) is 28.2. The van der Waals surface area contributed by atoms with Crippen LogP contribution >= 0.6 is 23.1 Å². The first-order valence-electron chi connectivity index (χ1n) is 8.19. The van der Waals surface area contributed by atoms with E-state index in [1.165, 1.54) is 7.11 Å². The highest BCUT2D eigenvalue weighted by atomic mass is 32.2. The molecule has 138 valence electrons. The molecular formula is C20H18N2O3S2. The number of thiazole rings is 1. The maximum absolute atomic E-state index is 12.4. The van der Waals surface area contributed by atoms with Crippen molar-refractivity contribution in [2.75, 3.05) is 12.4 Å². The number of aryl methyl sites for hydroxylation is 1. The molecule has 5 nitrogen and oxygen atoms in total. The van der Waals surface area contributed by atoms with Gasteiger partial charge in [0.2, 0.25) is 0 Å². The number of carbonyl (C=O) groups is 2. The molecule has 1 N–H and O–H groups in total. The number of hydrogen-bond acceptors (Lipinski definition) is 6. The number of methoxy groups -OCH3 is 1. The van der Waals surface area contributed by atoms with E-state index in [2.05, 4.69) is 15.0 Å². The zero-order valence-electron chi connectivity index (χ0n) is 14.9. The van der Waals surface area contributed by atoms with Gasteiger partial charge in [-0.2, -0.15) is 0 Å². The molecule has 0 saturated carbocycles. The van der Waals surface area contributed by atoms with Gasteiger partial charge in [-0.05, 0) is 48.9 Å². The van der Waals surface area contributed by atoms with E-state index in [9.17, 15) is 9.59 Å². The molecule has 0 aliphatic rings. The Balaban J connectivity index is 1.57. The minimum absolute atomic E-state index is 0.199. The van der Waals surface area contributed by atoms with Crippen LogP contribution in [0, 0.1) is 6.92 Å². The van der Waals surface area contributed by atoms with Gasteiger partial charge in [0.25, 0.3) is 5.91 Å². The van der Waals surface area contributed by atoms with Crippen LogP contribution in [0.3, 0.4) is 0 Å². The Morgan fingerprint density at radius 1 is 1.07 bits per heavy atom. The number of anilines is 1. The Labute approximate surface area is 165 Å². The van der Waals surface area contributed by atoms with Crippen LogP contribution in [0.1, 0.15) is 32.0 Å². The summed E-state index contributed by atoms with van der Waals surface area (Å²) < 4.78 is 5.70. The first-order chi connectivity index (χ1) is 13.0. The smallest absolute Gasteiger partial charge is 0.337 e. The predicted molar refractivity (Wildman–Crippen MR) is 109 cm³/mol. The van der Waals surface area contributed by atoms with Gasteiger partial charge in [-0.15, -0.1) is 11.3 Å². The van der Waals surface area contributed by atoms with Gasteiger partial charge in [0.15, 0.2) is 0 Å². The molecule has 0 fully saturated rings. The molecule has 0 aliphatic carbocycles.